The number of pyridine rings is 1. The van der Waals surface area contributed by atoms with Crippen molar-refractivity contribution in [2.24, 2.45) is 5.10 Å². The largest absolute Gasteiger partial charge is 0.466 e. The maximum atomic E-state index is 12.0. The van der Waals surface area contributed by atoms with Crippen molar-refractivity contribution < 1.29 is 13.2 Å². The number of piperidine rings is 1. The molecule has 3 aliphatic rings. The second-order valence-corrected chi connectivity index (χ2v) is 9.58. The molecule has 0 saturated carbocycles. The predicted octanol–water partition coefficient (Wildman–Crippen LogP) is 2.38. The van der Waals surface area contributed by atoms with Crippen LogP contribution in [0.1, 0.15) is 36.4 Å². The monoisotopic (exact) mass is 398 g/mol. The van der Waals surface area contributed by atoms with Gasteiger partial charge in [-0.25, -0.2) is 17.7 Å². The summed E-state index contributed by atoms with van der Waals surface area (Å²) in [5.41, 5.74) is 2.59. The van der Waals surface area contributed by atoms with Gasteiger partial charge in [-0.1, -0.05) is 18.2 Å². The molecule has 0 unspecified atom stereocenters. The van der Waals surface area contributed by atoms with Crippen LogP contribution >= 0.6 is 0 Å². The standard InChI is InChI=1S/C20H22N4O3S/c1-28(25,26)23-12-8-20(9-13-23)24-18(16-4-2-3-5-19(16)27-20)14-17(22-24)15-6-10-21-11-7-15/h2-7,10-11,18H,8-9,12-14H2,1H3/t18-/m1/s1. The van der Waals surface area contributed by atoms with Gasteiger partial charge in [0.15, 0.2) is 0 Å². The molecule has 28 heavy (non-hydrogen) atoms. The molecule has 4 heterocycles. The Morgan fingerprint density at radius 3 is 2.54 bits per heavy atom. The van der Waals surface area contributed by atoms with E-state index >= 15 is 0 Å². The molecule has 0 amide bonds. The van der Waals surface area contributed by atoms with Crippen LogP contribution in [0.5, 0.6) is 5.75 Å². The fourth-order valence-electron chi connectivity index (χ4n) is 4.45. The lowest BCUT2D eigenvalue weighted by atomic mass is 9.91. The molecular formula is C20H22N4O3S. The Balaban J connectivity index is 1.54. The lowest BCUT2D eigenvalue weighted by molar-refractivity contribution is -0.143. The molecule has 1 aromatic carbocycles. The van der Waals surface area contributed by atoms with Crippen LogP contribution in [-0.4, -0.2) is 53.5 Å². The Labute approximate surface area is 164 Å². The minimum absolute atomic E-state index is 0.0953. The number of nitrogens with zero attached hydrogens (tertiary/aromatic N) is 4. The molecule has 5 rings (SSSR count). The van der Waals surface area contributed by atoms with Gasteiger partial charge >= 0.3 is 0 Å². The smallest absolute Gasteiger partial charge is 0.211 e. The first-order chi connectivity index (χ1) is 13.5. The van der Waals surface area contributed by atoms with E-state index in [4.69, 9.17) is 9.84 Å². The minimum Gasteiger partial charge on any atom is -0.466 e. The Morgan fingerprint density at radius 2 is 1.82 bits per heavy atom. The summed E-state index contributed by atoms with van der Waals surface area (Å²) in [6.45, 7) is 0.870. The highest BCUT2D eigenvalue weighted by molar-refractivity contribution is 7.88. The summed E-state index contributed by atoms with van der Waals surface area (Å²) in [6, 6.07) is 12.1. The van der Waals surface area contributed by atoms with Gasteiger partial charge in [0.1, 0.15) is 5.75 Å². The Bertz CT molecular complexity index is 1030. The Morgan fingerprint density at radius 1 is 1.11 bits per heavy atom. The van der Waals surface area contributed by atoms with Gasteiger partial charge in [0, 0.05) is 55.9 Å². The number of sulfonamides is 1. The normalized spacial score (nSPS) is 23.7. The third kappa shape index (κ3) is 2.79. The Hall–Kier alpha value is -2.45. The molecule has 1 fully saturated rings. The fourth-order valence-corrected chi connectivity index (χ4v) is 5.29. The Kier molecular flexibility index (Phi) is 3.96. The van der Waals surface area contributed by atoms with Gasteiger partial charge in [-0.3, -0.25) is 4.98 Å². The number of rotatable bonds is 2. The highest BCUT2D eigenvalue weighted by atomic mass is 32.2. The zero-order valence-electron chi connectivity index (χ0n) is 15.7. The average molecular weight is 398 g/mol. The van der Waals surface area contributed by atoms with Gasteiger partial charge in [-0.15, -0.1) is 0 Å². The van der Waals surface area contributed by atoms with Gasteiger partial charge in [-0.05, 0) is 18.2 Å². The molecule has 3 aliphatic heterocycles. The van der Waals surface area contributed by atoms with E-state index in [2.05, 4.69) is 16.1 Å². The third-order valence-corrected chi connectivity index (χ3v) is 7.20. The van der Waals surface area contributed by atoms with Crippen LogP contribution in [0.2, 0.25) is 0 Å². The van der Waals surface area contributed by atoms with E-state index < -0.39 is 15.7 Å². The summed E-state index contributed by atoms with van der Waals surface area (Å²) in [5, 5.41) is 7.06. The molecule has 8 heteroatoms. The number of hydrazone groups is 1. The molecule has 146 valence electrons. The summed E-state index contributed by atoms with van der Waals surface area (Å²) in [5.74, 6) is 0.878. The van der Waals surface area contributed by atoms with Crippen molar-refractivity contribution in [3.8, 4) is 5.75 Å². The second kappa shape index (κ2) is 6.28. The van der Waals surface area contributed by atoms with Gasteiger partial charge in [0.05, 0.1) is 18.0 Å². The zero-order chi connectivity index (χ0) is 19.4. The molecule has 0 radical (unpaired) electrons. The van der Waals surface area contributed by atoms with Crippen molar-refractivity contribution in [2.45, 2.75) is 31.0 Å². The number of fused-ring (bicyclic) bond motifs is 4. The van der Waals surface area contributed by atoms with E-state index in [1.807, 2.05) is 30.3 Å². The number of ether oxygens (including phenoxy) is 1. The SMILES string of the molecule is CS(=O)(=O)N1CCC2(CC1)Oc1ccccc1[C@H]1CC(c3ccncc3)=NN12. The van der Waals surface area contributed by atoms with Crippen molar-refractivity contribution in [3.63, 3.8) is 0 Å². The van der Waals surface area contributed by atoms with Crippen LogP contribution in [0, 0.1) is 0 Å². The molecule has 2 aromatic rings. The van der Waals surface area contributed by atoms with Gasteiger partial charge in [0.2, 0.25) is 15.7 Å². The quantitative estimate of drug-likeness (QED) is 0.776. The molecule has 1 aromatic heterocycles. The highest BCUT2D eigenvalue weighted by Gasteiger charge is 2.52. The van der Waals surface area contributed by atoms with E-state index in [0.29, 0.717) is 25.9 Å². The molecule has 1 saturated heterocycles. The lowest BCUT2D eigenvalue weighted by Crippen LogP contribution is -2.59. The maximum Gasteiger partial charge on any atom is 0.211 e. The molecule has 7 nitrogen and oxygen atoms in total. The van der Waals surface area contributed by atoms with Crippen molar-refractivity contribution in [1.82, 2.24) is 14.3 Å². The lowest BCUT2D eigenvalue weighted by Gasteiger charge is -2.50. The molecule has 0 bridgehead atoms. The van der Waals surface area contributed by atoms with Crippen LogP contribution in [-0.2, 0) is 10.0 Å². The molecule has 0 aliphatic carbocycles. The summed E-state index contributed by atoms with van der Waals surface area (Å²) in [7, 11) is -3.20. The zero-order valence-corrected chi connectivity index (χ0v) is 16.5. The number of benzene rings is 1. The van der Waals surface area contributed by atoms with Crippen LogP contribution in [0.3, 0.4) is 0 Å². The molecule has 1 atom stereocenters. The molecule has 1 spiro atoms. The van der Waals surface area contributed by atoms with E-state index in [-0.39, 0.29) is 6.04 Å². The topological polar surface area (TPSA) is 75.1 Å². The first-order valence-electron chi connectivity index (χ1n) is 9.47. The summed E-state index contributed by atoms with van der Waals surface area (Å²) in [4.78, 5) is 4.10. The van der Waals surface area contributed by atoms with Crippen molar-refractivity contribution in [2.75, 3.05) is 19.3 Å². The maximum absolute atomic E-state index is 12.0. The van der Waals surface area contributed by atoms with E-state index in [1.165, 1.54) is 10.6 Å². The van der Waals surface area contributed by atoms with E-state index in [1.54, 1.807) is 12.4 Å². The van der Waals surface area contributed by atoms with Crippen molar-refractivity contribution in [3.05, 3.63) is 59.9 Å². The van der Waals surface area contributed by atoms with Crippen LogP contribution in [0.25, 0.3) is 0 Å². The minimum atomic E-state index is -3.20. The van der Waals surface area contributed by atoms with Gasteiger partial charge < -0.3 is 4.74 Å². The van der Waals surface area contributed by atoms with Crippen LogP contribution < -0.4 is 4.74 Å². The third-order valence-electron chi connectivity index (χ3n) is 5.89. The predicted molar refractivity (Wildman–Crippen MR) is 105 cm³/mol. The first-order valence-corrected chi connectivity index (χ1v) is 11.3. The first kappa shape index (κ1) is 17.6. The number of aromatic nitrogens is 1. The average Bonchev–Trinajstić information content (AvgIpc) is 3.15. The molecule has 0 N–H and O–H groups in total. The van der Waals surface area contributed by atoms with Gasteiger partial charge in [0.25, 0.3) is 0 Å². The van der Waals surface area contributed by atoms with Crippen LogP contribution in [0.4, 0.5) is 0 Å². The van der Waals surface area contributed by atoms with Crippen LogP contribution in [0.15, 0.2) is 53.9 Å². The van der Waals surface area contributed by atoms with E-state index in [0.717, 1.165) is 29.0 Å². The summed E-state index contributed by atoms with van der Waals surface area (Å²) in [6.07, 6.45) is 6.78. The number of para-hydroxylation sites is 1. The van der Waals surface area contributed by atoms with Crippen molar-refractivity contribution in [1.29, 1.82) is 0 Å². The van der Waals surface area contributed by atoms with Crippen molar-refractivity contribution >= 4 is 15.7 Å². The fraction of sp³-hybridized carbons (Fsp3) is 0.400. The van der Waals surface area contributed by atoms with E-state index in [9.17, 15) is 8.42 Å². The molecular weight excluding hydrogens is 376 g/mol. The summed E-state index contributed by atoms with van der Waals surface area (Å²) < 4.78 is 32.0. The summed E-state index contributed by atoms with van der Waals surface area (Å²) >= 11 is 0. The number of hydrogen-bond donors (Lipinski definition) is 0. The second-order valence-electron chi connectivity index (χ2n) is 7.60. The van der Waals surface area contributed by atoms with Gasteiger partial charge in [-0.2, -0.15) is 5.10 Å². The highest BCUT2D eigenvalue weighted by Crippen LogP contribution is 2.49. The number of hydrogen-bond acceptors (Lipinski definition) is 6.